The fraction of sp³-hybridized carbons (Fsp3) is 0.360. The van der Waals surface area contributed by atoms with Gasteiger partial charge >= 0.3 is 6.09 Å². The molecule has 4 aromatic rings. The minimum atomic E-state index is -0.524. The number of nitrogens with one attached hydrogen (secondary N) is 2. The van der Waals surface area contributed by atoms with Gasteiger partial charge in [-0.25, -0.2) is 19.7 Å². The van der Waals surface area contributed by atoms with Crippen LogP contribution in [0, 0.1) is 6.92 Å². The van der Waals surface area contributed by atoms with Gasteiger partial charge in [-0.05, 0) is 57.9 Å². The number of halogens is 1. The van der Waals surface area contributed by atoms with Crippen molar-refractivity contribution in [2.75, 3.05) is 23.3 Å². The van der Waals surface area contributed by atoms with Crippen molar-refractivity contribution in [3.05, 3.63) is 53.4 Å². The zero-order valence-corrected chi connectivity index (χ0v) is 20.9. The van der Waals surface area contributed by atoms with Crippen LogP contribution in [0.25, 0.3) is 16.7 Å². The van der Waals surface area contributed by atoms with E-state index >= 15 is 0 Å². The van der Waals surface area contributed by atoms with Gasteiger partial charge in [-0.1, -0.05) is 23.7 Å². The number of para-hydroxylation sites is 1. The Morgan fingerprint density at radius 2 is 2.03 bits per heavy atom. The quantitative estimate of drug-likeness (QED) is 0.409. The van der Waals surface area contributed by atoms with Gasteiger partial charge in [-0.2, -0.15) is 0 Å². The Bertz CT molecular complexity index is 1390. The number of imidazole rings is 1. The second kappa shape index (κ2) is 8.88. The van der Waals surface area contributed by atoms with Crippen molar-refractivity contribution in [1.82, 2.24) is 24.7 Å². The predicted molar refractivity (Wildman–Crippen MR) is 138 cm³/mol. The first-order chi connectivity index (χ1) is 16.7. The maximum Gasteiger partial charge on any atom is 0.407 e. The van der Waals surface area contributed by atoms with Gasteiger partial charge in [0.05, 0.1) is 22.9 Å². The number of hydrogen-bond acceptors (Lipinski definition) is 7. The zero-order valence-electron chi connectivity index (χ0n) is 20.2. The first-order valence-electron chi connectivity index (χ1n) is 11.6. The third kappa shape index (κ3) is 4.81. The summed E-state index contributed by atoms with van der Waals surface area (Å²) in [6, 6.07) is 9.68. The molecule has 1 atom stereocenters. The zero-order chi connectivity index (χ0) is 24.7. The number of aryl methyl sites for hydroxylation is 1. The van der Waals surface area contributed by atoms with Crippen LogP contribution in [0.4, 0.5) is 22.1 Å². The lowest BCUT2D eigenvalue weighted by atomic mass is 10.2. The topological polar surface area (TPSA) is 96.7 Å². The van der Waals surface area contributed by atoms with Crippen molar-refractivity contribution < 1.29 is 9.53 Å². The van der Waals surface area contributed by atoms with E-state index in [4.69, 9.17) is 26.3 Å². The minimum Gasteiger partial charge on any atom is -0.444 e. The number of hydrogen-bond donors (Lipinski definition) is 2. The van der Waals surface area contributed by atoms with E-state index in [9.17, 15) is 4.79 Å². The molecule has 0 aliphatic carbocycles. The molecule has 1 aliphatic heterocycles. The summed E-state index contributed by atoms with van der Waals surface area (Å²) in [6.45, 7) is 9.00. The van der Waals surface area contributed by atoms with E-state index in [0.29, 0.717) is 23.0 Å². The van der Waals surface area contributed by atoms with Gasteiger partial charge < -0.3 is 20.3 Å². The molecule has 4 heterocycles. The minimum absolute atomic E-state index is 0.000766. The van der Waals surface area contributed by atoms with E-state index in [1.165, 1.54) is 0 Å². The highest BCUT2D eigenvalue weighted by Gasteiger charge is 2.27. The monoisotopic (exact) mass is 493 g/mol. The Morgan fingerprint density at radius 3 is 2.80 bits per heavy atom. The van der Waals surface area contributed by atoms with Crippen molar-refractivity contribution in [1.29, 1.82) is 0 Å². The molecular weight excluding hydrogens is 466 g/mol. The normalized spacial score (nSPS) is 16.1. The molecule has 1 saturated heterocycles. The number of aromatic nitrogens is 4. The molecule has 2 N–H and O–H groups in total. The highest BCUT2D eigenvalue weighted by Crippen LogP contribution is 2.31. The average Bonchev–Trinajstić information content (AvgIpc) is 3.45. The summed E-state index contributed by atoms with van der Waals surface area (Å²) < 4.78 is 7.31. The Balaban J connectivity index is 1.41. The van der Waals surface area contributed by atoms with E-state index in [1.54, 1.807) is 12.5 Å². The molecule has 0 radical (unpaired) electrons. The number of carbonyl (C=O) groups is 1. The number of alkyl carbamates (subject to hydrolysis) is 1. The first-order valence-corrected chi connectivity index (χ1v) is 12.0. The molecule has 182 valence electrons. The van der Waals surface area contributed by atoms with Crippen LogP contribution < -0.4 is 15.5 Å². The first kappa shape index (κ1) is 23.2. The van der Waals surface area contributed by atoms with E-state index in [0.717, 1.165) is 41.1 Å². The summed E-state index contributed by atoms with van der Waals surface area (Å²) in [6.07, 6.45) is 3.91. The highest BCUT2D eigenvalue weighted by atomic mass is 35.5. The van der Waals surface area contributed by atoms with Crippen LogP contribution in [-0.4, -0.2) is 50.2 Å². The molecule has 5 rings (SSSR count). The maximum absolute atomic E-state index is 12.2. The second-order valence-electron chi connectivity index (χ2n) is 9.76. The number of anilines is 3. The van der Waals surface area contributed by atoms with Gasteiger partial charge in [-0.15, -0.1) is 0 Å². The van der Waals surface area contributed by atoms with Gasteiger partial charge in [0, 0.05) is 13.1 Å². The second-order valence-corrected chi connectivity index (χ2v) is 10.2. The molecule has 35 heavy (non-hydrogen) atoms. The van der Waals surface area contributed by atoms with Crippen LogP contribution >= 0.6 is 11.6 Å². The third-order valence-electron chi connectivity index (χ3n) is 5.88. The Hall–Kier alpha value is -3.59. The van der Waals surface area contributed by atoms with E-state index in [-0.39, 0.29) is 6.04 Å². The summed E-state index contributed by atoms with van der Waals surface area (Å²) in [5.74, 6) is 1.48. The summed E-state index contributed by atoms with van der Waals surface area (Å²) >= 11 is 6.43. The van der Waals surface area contributed by atoms with Gasteiger partial charge in [-0.3, -0.25) is 4.40 Å². The Labute approximate surface area is 208 Å². The van der Waals surface area contributed by atoms with Crippen molar-refractivity contribution in [3.8, 4) is 0 Å². The van der Waals surface area contributed by atoms with Gasteiger partial charge in [0.15, 0.2) is 11.5 Å². The molecule has 10 heteroatoms. The average molecular weight is 494 g/mol. The molecule has 1 amide bonds. The SMILES string of the molecule is Cc1cccc(Cl)c1Nc1nc2ccc(N3CC[C@@H](NC(=O)OC(C)(C)C)C3)nc2n2cncc12. The number of fused-ring (bicyclic) bond motifs is 3. The number of ether oxygens (including phenoxy) is 1. The van der Waals surface area contributed by atoms with Crippen LogP contribution in [0.1, 0.15) is 32.8 Å². The molecule has 0 spiro atoms. The molecule has 9 nitrogen and oxygen atoms in total. The van der Waals surface area contributed by atoms with Crippen molar-refractivity contribution in [3.63, 3.8) is 0 Å². The number of pyridine rings is 1. The molecule has 3 aromatic heterocycles. The fourth-order valence-electron chi connectivity index (χ4n) is 4.25. The van der Waals surface area contributed by atoms with E-state index < -0.39 is 11.7 Å². The van der Waals surface area contributed by atoms with Crippen molar-refractivity contribution >= 4 is 51.7 Å². The lowest BCUT2D eigenvalue weighted by Crippen LogP contribution is -2.40. The molecule has 0 unspecified atom stereocenters. The predicted octanol–water partition coefficient (Wildman–Crippen LogP) is 5.09. The number of carbonyl (C=O) groups excluding carboxylic acids is 1. The van der Waals surface area contributed by atoms with Crippen LogP contribution in [0.2, 0.25) is 5.02 Å². The molecule has 1 aromatic carbocycles. The maximum atomic E-state index is 12.2. The molecule has 0 bridgehead atoms. The van der Waals surface area contributed by atoms with Crippen LogP contribution in [0.3, 0.4) is 0 Å². The van der Waals surface area contributed by atoms with Crippen molar-refractivity contribution in [2.45, 2.75) is 45.8 Å². The van der Waals surface area contributed by atoms with E-state index in [1.807, 2.05) is 62.4 Å². The Morgan fingerprint density at radius 1 is 1.20 bits per heavy atom. The summed E-state index contributed by atoms with van der Waals surface area (Å²) in [4.78, 5) is 28.4. The van der Waals surface area contributed by atoms with Crippen LogP contribution in [0.15, 0.2) is 42.9 Å². The van der Waals surface area contributed by atoms with Crippen LogP contribution in [-0.2, 0) is 4.74 Å². The number of nitrogens with zero attached hydrogens (tertiary/aromatic N) is 5. The molecule has 1 fully saturated rings. The molecular formula is C25H28ClN7O2. The highest BCUT2D eigenvalue weighted by molar-refractivity contribution is 6.33. The van der Waals surface area contributed by atoms with E-state index in [2.05, 4.69) is 20.5 Å². The lowest BCUT2D eigenvalue weighted by molar-refractivity contribution is 0.0509. The smallest absolute Gasteiger partial charge is 0.407 e. The number of amides is 1. The third-order valence-corrected chi connectivity index (χ3v) is 6.19. The largest absolute Gasteiger partial charge is 0.444 e. The summed E-state index contributed by atoms with van der Waals surface area (Å²) in [5.41, 5.74) is 3.55. The molecule has 0 saturated carbocycles. The van der Waals surface area contributed by atoms with Gasteiger partial charge in [0.25, 0.3) is 0 Å². The van der Waals surface area contributed by atoms with Gasteiger partial charge in [0.1, 0.15) is 28.8 Å². The van der Waals surface area contributed by atoms with Crippen LogP contribution in [0.5, 0.6) is 0 Å². The summed E-state index contributed by atoms with van der Waals surface area (Å²) in [7, 11) is 0. The summed E-state index contributed by atoms with van der Waals surface area (Å²) in [5, 5.41) is 6.96. The molecule has 1 aliphatic rings. The fourth-order valence-corrected chi connectivity index (χ4v) is 4.52. The lowest BCUT2D eigenvalue weighted by Gasteiger charge is -2.22. The standard InChI is InChI=1S/C25H28ClN7O2/c1-15-6-5-7-17(26)21(15)31-22-19-12-27-14-33(19)23-18(29-22)8-9-20(30-23)32-11-10-16(13-32)28-24(34)35-25(2,3)4/h5-9,12,14,16H,10-11,13H2,1-4H3,(H,28,34)(H,29,31)/t16-/m1/s1. The van der Waals surface area contributed by atoms with Crippen molar-refractivity contribution in [2.24, 2.45) is 0 Å². The van der Waals surface area contributed by atoms with Gasteiger partial charge in [0.2, 0.25) is 0 Å². The number of benzene rings is 1. The Kier molecular flexibility index (Phi) is 5.88. The number of rotatable bonds is 4.